The van der Waals surface area contributed by atoms with Gasteiger partial charge in [-0.3, -0.25) is 9.59 Å². The molecule has 0 aliphatic carbocycles. The first-order valence-corrected chi connectivity index (χ1v) is 11.3. The van der Waals surface area contributed by atoms with Crippen LogP contribution < -0.4 is 5.32 Å². The van der Waals surface area contributed by atoms with E-state index >= 15 is 0 Å². The predicted octanol–water partition coefficient (Wildman–Crippen LogP) is 6.40. The molecule has 0 saturated heterocycles. The monoisotopic (exact) mass is 381 g/mol. The fourth-order valence-electron chi connectivity index (χ4n) is 3.34. The van der Waals surface area contributed by atoms with Gasteiger partial charge in [0, 0.05) is 13.0 Å². The first kappa shape index (κ1) is 25.7. The van der Waals surface area contributed by atoms with Crippen LogP contribution in [0.25, 0.3) is 0 Å². The van der Waals surface area contributed by atoms with Gasteiger partial charge >= 0.3 is 5.97 Å². The van der Waals surface area contributed by atoms with Crippen LogP contribution in [0.2, 0.25) is 0 Å². The number of carboxylic acids is 1. The third kappa shape index (κ3) is 22.6. The van der Waals surface area contributed by atoms with Gasteiger partial charge in [-0.2, -0.15) is 0 Å². The van der Waals surface area contributed by atoms with Crippen LogP contribution in [0.3, 0.4) is 0 Å². The minimum atomic E-state index is -0.666. The van der Waals surface area contributed by atoms with E-state index in [0.717, 1.165) is 25.8 Å². The van der Waals surface area contributed by atoms with Crippen molar-refractivity contribution in [3.63, 3.8) is 0 Å². The van der Waals surface area contributed by atoms with Gasteiger partial charge in [-0.25, -0.2) is 0 Å². The summed E-state index contributed by atoms with van der Waals surface area (Å²) in [6, 6.07) is 0. The van der Waals surface area contributed by atoms with Crippen molar-refractivity contribution in [2.75, 3.05) is 6.54 Å². The van der Waals surface area contributed by atoms with Crippen LogP contribution in [-0.4, -0.2) is 23.5 Å². The molecule has 0 spiro atoms. The molecule has 0 saturated carbocycles. The van der Waals surface area contributed by atoms with Crippen LogP contribution in [0.15, 0.2) is 12.7 Å². The standard InChI is InChI=1S/C23H43NO3/c1-2-22(25)24-21-19-17-15-13-11-9-7-5-3-4-6-8-10-12-14-16-18-20-23(26)27/h2H,1,3-21H2,(H,24,25)(H,26,27). The Hall–Kier alpha value is -1.32. The van der Waals surface area contributed by atoms with Gasteiger partial charge in [0.15, 0.2) is 0 Å². The number of carbonyl (C=O) groups excluding carboxylic acids is 1. The molecular formula is C23H43NO3. The van der Waals surface area contributed by atoms with E-state index in [1.165, 1.54) is 96.0 Å². The second-order valence-electron chi connectivity index (χ2n) is 7.65. The summed E-state index contributed by atoms with van der Waals surface area (Å²) in [6.07, 6.45) is 23.1. The maximum atomic E-state index is 11.0. The SMILES string of the molecule is C=CC(=O)NCCCCCCCCCCCCCCCCCCCC(=O)O. The van der Waals surface area contributed by atoms with E-state index in [1.807, 2.05) is 0 Å². The molecule has 2 N–H and O–H groups in total. The van der Waals surface area contributed by atoms with E-state index in [9.17, 15) is 9.59 Å². The zero-order chi connectivity index (χ0) is 20.0. The molecule has 0 aromatic rings. The van der Waals surface area contributed by atoms with Crippen molar-refractivity contribution in [1.82, 2.24) is 5.32 Å². The third-order valence-corrected chi connectivity index (χ3v) is 5.05. The number of carbonyl (C=O) groups is 2. The third-order valence-electron chi connectivity index (χ3n) is 5.05. The largest absolute Gasteiger partial charge is 0.481 e. The van der Waals surface area contributed by atoms with E-state index in [1.54, 1.807) is 0 Å². The minimum absolute atomic E-state index is 0.0667. The highest BCUT2D eigenvalue weighted by molar-refractivity contribution is 5.86. The number of unbranched alkanes of at least 4 members (excludes halogenated alkanes) is 16. The van der Waals surface area contributed by atoms with Gasteiger partial charge < -0.3 is 10.4 Å². The van der Waals surface area contributed by atoms with Gasteiger partial charge in [-0.15, -0.1) is 0 Å². The van der Waals surface area contributed by atoms with Crippen molar-refractivity contribution in [3.8, 4) is 0 Å². The van der Waals surface area contributed by atoms with Crippen LogP contribution in [0.1, 0.15) is 116 Å². The normalized spacial score (nSPS) is 10.7. The number of rotatable bonds is 21. The maximum absolute atomic E-state index is 11.0. The maximum Gasteiger partial charge on any atom is 0.303 e. The first-order valence-electron chi connectivity index (χ1n) is 11.3. The molecule has 0 rings (SSSR count). The summed E-state index contributed by atoms with van der Waals surface area (Å²) in [6.45, 7) is 4.21. The summed E-state index contributed by atoms with van der Waals surface area (Å²) < 4.78 is 0. The van der Waals surface area contributed by atoms with Crippen molar-refractivity contribution >= 4 is 11.9 Å². The Bertz CT molecular complexity index is 369. The molecule has 0 fully saturated rings. The summed E-state index contributed by atoms with van der Waals surface area (Å²) in [5.41, 5.74) is 0. The predicted molar refractivity (Wildman–Crippen MR) is 114 cm³/mol. The molecule has 0 aliphatic rings. The highest BCUT2D eigenvalue weighted by Crippen LogP contribution is 2.14. The van der Waals surface area contributed by atoms with Crippen LogP contribution in [0, 0.1) is 0 Å². The Labute approximate surface area is 167 Å². The average Bonchev–Trinajstić information content (AvgIpc) is 2.65. The topological polar surface area (TPSA) is 66.4 Å². The molecule has 0 heterocycles. The highest BCUT2D eigenvalue weighted by Gasteiger charge is 1.97. The van der Waals surface area contributed by atoms with Gasteiger partial charge in [0.2, 0.25) is 5.91 Å². The van der Waals surface area contributed by atoms with Gasteiger partial charge in [0.25, 0.3) is 0 Å². The van der Waals surface area contributed by atoms with E-state index in [4.69, 9.17) is 5.11 Å². The van der Waals surface area contributed by atoms with Crippen LogP contribution in [-0.2, 0) is 9.59 Å². The Kier molecular flexibility index (Phi) is 20.0. The molecule has 1 amide bonds. The Morgan fingerprint density at radius 3 is 1.30 bits per heavy atom. The lowest BCUT2D eigenvalue weighted by molar-refractivity contribution is -0.137. The molecule has 0 radical (unpaired) electrons. The van der Waals surface area contributed by atoms with E-state index < -0.39 is 5.97 Å². The van der Waals surface area contributed by atoms with Gasteiger partial charge in [-0.1, -0.05) is 103 Å². The molecule has 4 nitrogen and oxygen atoms in total. The summed E-state index contributed by atoms with van der Waals surface area (Å²) in [5, 5.41) is 11.4. The summed E-state index contributed by atoms with van der Waals surface area (Å²) >= 11 is 0. The zero-order valence-corrected chi connectivity index (χ0v) is 17.5. The lowest BCUT2D eigenvalue weighted by atomic mass is 10.0. The van der Waals surface area contributed by atoms with Crippen LogP contribution >= 0.6 is 0 Å². The Morgan fingerprint density at radius 1 is 0.630 bits per heavy atom. The van der Waals surface area contributed by atoms with Crippen molar-refractivity contribution in [3.05, 3.63) is 12.7 Å². The number of hydrogen-bond acceptors (Lipinski definition) is 2. The lowest BCUT2D eigenvalue weighted by Crippen LogP contribution is -2.21. The average molecular weight is 382 g/mol. The van der Waals surface area contributed by atoms with Crippen molar-refractivity contribution in [2.24, 2.45) is 0 Å². The molecule has 27 heavy (non-hydrogen) atoms. The molecule has 158 valence electrons. The summed E-state index contributed by atoms with van der Waals surface area (Å²) in [4.78, 5) is 21.4. The fraction of sp³-hybridized carbons (Fsp3) is 0.826. The smallest absolute Gasteiger partial charge is 0.303 e. The molecule has 0 aromatic carbocycles. The molecule has 0 aromatic heterocycles. The van der Waals surface area contributed by atoms with Crippen LogP contribution in [0.5, 0.6) is 0 Å². The molecule has 0 atom stereocenters. The van der Waals surface area contributed by atoms with E-state index in [0.29, 0.717) is 6.42 Å². The van der Waals surface area contributed by atoms with E-state index in [-0.39, 0.29) is 5.91 Å². The molecule has 0 aliphatic heterocycles. The summed E-state index contributed by atoms with van der Waals surface area (Å²) in [7, 11) is 0. The first-order chi connectivity index (χ1) is 13.2. The van der Waals surface area contributed by atoms with Crippen molar-refractivity contribution in [2.45, 2.75) is 116 Å². The molecular weight excluding hydrogens is 338 g/mol. The Morgan fingerprint density at radius 2 is 0.963 bits per heavy atom. The highest BCUT2D eigenvalue weighted by atomic mass is 16.4. The lowest BCUT2D eigenvalue weighted by Gasteiger charge is -2.04. The number of carboxylic acid groups (broad SMARTS) is 1. The number of nitrogens with one attached hydrogen (secondary N) is 1. The summed E-state index contributed by atoms with van der Waals surface area (Å²) in [5.74, 6) is -0.732. The Balaban J connectivity index is 3.04. The fourth-order valence-corrected chi connectivity index (χ4v) is 3.34. The van der Waals surface area contributed by atoms with Gasteiger partial charge in [0.05, 0.1) is 0 Å². The minimum Gasteiger partial charge on any atom is -0.481 e. The zero-order valence-electron chi connectivity index (χ0n) is 17.5. The van der Waals surface area contributed by atoms with Crippen molar-refractivity contribution in [1.29, 1.82) is 0 Å². The number of aliphatic carboxylic acids is 1. The second kappa shape index (κ2) is 21.0. The van der Waals surface area contributed by atoms with E-state index in [2.05, 4.69) is 11.9 Å². The molecule has 4 heteroatoms. The number of amides is 1. The van der Waals surface area contributed by atoms with Crippen molar-refractivity contribution < 1.29 is 14.7 Å². The van der Waals surface area contributed by atoms with Gasteiger partial charge in [-0.05, 0) is 18.9 Å². The molecule has 0 unspecified atom stereocenters. The second-order valence-corrected chi connectivity index (χ2v) is 7.65. The van der Waals surface area contributed by atoms with Gasteiger partial charge in [0.1, 0.15) is 0 Å². The molecule has 0 bridgehead atoms. The van der Waals surface area contributed by atoms with Crippen LogP contribution in [0.4, 0.5) is 0 Å². The number of hydrogen-bond donors (Lipinski definition) is 2. The quantitative estimate of drug-likeness (QED) is 0.179.